The number of benzene rings is 3. The van der Waals surface area contributed by atoms with E-state index < -0.39 is 7.52 Å². The van der Waals surface area contributed by atoms with Crippen molar-refractivity contribution >= 4 is 19.1 Å². The highest BCUT2D eigenvalue weighted by atomic mass is 31.2. The van der Waals surface area contributed by atoms with E-state index in [1.165, 1.54) is 0 Å². The largest absolute Gasteiger partial charge is 0.333 e. The summed E-state index contributed by atoms with van der Waals surface area (Å²) in [5.41, 5.74) is 4.83. The lowest BCUT2D eigenvalue weighted by Gasteiger charge is -2.23. The molecule has 0 aromatic heterocycles. The predicted molar refractivity (Wildman–Crippen MR) is 141 cm³/mol. The van der Waals surface area contributed by atoms with Crippen molar-refractivity contribution in [1.82, 2.24) is 5.09 Å². The van der Waals surface area contributed by atoms with Crippen LogP contribution in [0.3, 0.4) is 0 Å². The van der Waals surface area contributed by atoms with E-state index in [0.717, 1.165) is 27.9 Å². The van der Waals surface area contributed by atoms with Gasteiger partial charge in [0, 0.05) is 17.8 Å². The van der Waals surface area contributed by atoms with E-state index in [1.807, 2.05) is 78.9 Å². The molecule has 0 heterocycles. The van der Waals surface area contributed by atoms with Gasteiger partial charge in [-0.05, 0) is 34.1 Å². The molecule has 1 atom stereocenters. The fourth-order valence-electron chi connectivity index (χ4n) is 4.16. The molecule has 0 aliphatic rings. The first-order chi connectivity index (χ1) is 16.2. The summed E-state index contributed by atoms with van der Waals surface area (Å²) in [6.45, 7) is 8.10. The van der Waals surface area contributed by atoms with Crippen LogP contribution in [-0.4, -0.2) is 23.5 Å². The van der Waals surface area contributed by atoms with Crippen LogP contribution in [0.5, 0.6) is 0 Å². The quantitative estimate of drug-likeness (QED) is 0.292. The van der Waals surface area contributed by atoms with Crippen molar-refractivity contribution in [2.24, 2.45) is 0 Å². The van der Waals surface area contributed by atoms with Crippen LogP contribution in [0.2, 0.25) is 0 Å². The second kappa shape index (κ2) is 11.6. The van der Waals surface area contributed by atoms with Gasteiger partial charge in [0.2, 0.25) is 5.91 Å². The van der Waals surface area contributed by atoms with Crippen LogP contribution >= 0.6 is 7.52 Å². The molecule has 180 valence electrons. The van der Waals surface area contributed by atoms with E-state index in [2.05, 4.69) is 38.1 Å². The molecule has 34 heavy (non-hydrogen) atoms. The van der Waals surface area contributed by atoms with Gasteiger partial charge < -0.3 is 10.2 Å². The van der Waals surface area contributed by atoms with Crippen LogP contribution in [0.4, 0.5) is 5.69 Å². The molecule has 0 bridgehead atoms. The summed E-state index contributed by atoms with van der Waals surface area (Å²) in [6.07, 6.45) is -0.00582. The van der Waals surface area contributed by atoms with Gasteiger partial charge in [0.25, 0.3) is 7.52 Å². The van der Waals surface area contributed by atoms with Crippen molar-refractivity contribution in [2.75, 3.05) is 18.0 Å². The van der Waals surface area contributed by atoms with Gasteiger partial charge in [0.1, 0.15) is 0 Å². The first-order valence-corrected chi connectivity index (χ1v) is 13.6. The normalized spacial score (nSPS) is 13.3. The number of rotatable bonds is 10. The van der Waals surface area contributed by atoms with Crippen LogP contribution in [0, 0.1) is 0 Å². The van der Waals surface area contributed by atoms with Crippen molar-refractivity contribution in [3.63, 3.8) is 0 Å². The zero-order valence-corrected chi connectivity index (χ0v) is 21.3. The van der Waals surface area contributed by atoms with Gasteiger partial charge in [-0.2, -0.15) is 0 Å². The van der Waals surface area contributed by atoms with Crippen LogP contribution < -0.4 is 10.4 Å². The average Bonchev–Trinajstić information content (AvgIpc) is 2.82. The van der Waals surface area contributed by atoms with Crippen molar-refractivity contribution in [2.45, 2.75) is 45.4 Å². The molecule has 3 N–H and O–H groups in total. The maximum Gasteiger partial charge on any atom is 0.268 e. The third-order valence-electron chi connectivity index (χ3n) is 5.96. The first kappa shape index (κ1) is 25.9. The number of para-hydroxylation sites is 1. The molecule has 3 aromatic rings. The van der Waals surface area contributed by atoms with Gasteiger partial charge >= 0.3 is 0 Å². The number of amides is 1. The summed E-state index contributed by atoms with van der Waals surface area (Å²) in [5.74, 6) is -0.116. The topological polar surface area (TPSA) is 78.4 Å². The fourth-order valence-corrected chi connectivity index (χ4v) is 5.60. The highest BCUT2D eigenvalue weighted by molar-refractivity contribution is 7.55. The average molecular weight is 479 g/mol. The van der Waals surface area contributed by atoms with E-state index >= 15 is 0 Å². The lowest BCUT2D eigenvalue weighted by Crippen LogP contribution is -2.28. The molecule has 0 spiro atoms. The predicted octanol–water partition coefficient (Wildman–Crippen LogP) is 6.48. The van der Waals surface area contributed by atoms with Crippen LogP contribution in [0.1, 0.15) is 67.7 Å². The Morgan fingerprint density at radius 3 is 1.71 bits per heavy atom. The Morgan fingerprint density at radius 2 is 1.26 bits per heavy atom. The van der Waals surface area contributed by atoms with Crippen LogP contribution in [-0.2, 0) is 9.36 Å². The molecule has 3 rings (SSSR count). The highest BCUT2D eigenvalue weighted by Gasteiger charge is 2.27. The molecule has 0 fully saturated rings. The van der Waals surface area contributed by atoms with Crippen molar-refractivity contribution < 1.29 is 14.3 Å². The smallest absolute Gasteiger partial charge is 0.268 e. The molecule has 0 radical (unpaired) electrons. The Hall–Kier alpha value is -2.72. The summed E-state index contributed by atoms with van der Waals surface area (Å²) >= 11 is 0. The molecule has 0 saturated carbocycles. The number of hydrogen-bond donors (Lipinski definition) is 3. The SMILES string of the molecule is CC(C)c1cccc(C(C)C)c1NC(=O)CNP(=O)(O)CC(c1ccccc1)c1ccccc1. The van der Waals surface area contributed by atoms with Crippen LogP contribution in [0.25, 0.3) is 0 Å². The number of carbonyl (C=O) groups excluding carboxylic acids is 1. The Kier molecular flexibility index (Phi) is 8.84. The van der Waals surface area contributed by atoms with Gasteiger partial charge in [0.05, 0.1) is 6.54 Å². The van der Waals surface area contributed by atoms with E-state index in [0.29, 0.717) is 0 Å². The molecule has 1 unspecified atom stereocenters. The number of nitrogens with one attached hydrogen (secondary N) is 2. The monoisotopic (exact) mass is 478 g/mol. The Morgan fingerprint density at radius 1 is 0.794 bits per heavy atom. The Bertz CT molecular complexity index is 1070. The molecule has 0 aliphatic carbocycles. The highest BCUT2D eigenvalue weighted by Crippen LogP contribution is 2.43. The third kappa shape index (κ3) is 6.89. The minimum atomic E-state index is -3.81. The summed E-state index contributed by atoms with van der Waals surface area (Å²) in [6, 6.07) is 25.4. The standard InChI is InChI=1S/C28H35N2O3P/c1-20(2)24-16-11-17-25(21(3)4)28(24)30-27(31)18-29-34(32,33)19-26(22-12-7-5-8-13-22)23-14-9-6-10-15-23/h5-17,20-21,26H,18-19H2,1-4H3,(H,30,31)(H2,29,32,33). The molecule has 0 aliphatic heterocycles. The van der Waals surface area contributed by atoms with Crippen LogP contribution in [0.15, 0.2) is 78.9 Å². The molecule has 5 nitrogen and oxygen atoms in total. The second-order valence-corrected chi connectivity index (χ2v) is 11.3. The minimum absolute atomic E-state index is 0.00582. The molecule has 3 aromatic carbocycles. The van der Waals surface area contributed by atoms with Gasteiger partial charge in [-0.3, -0.25) is 9.36 Å². The maximum atomic E-state index is 13.1. The third-order valence-corrected chi connectivity index (χ3v) is 7.47. The van der Waals surface area contributed by atoms with E-state index in [-0.39, 0.29) is 36.4 Å². The van der Waals surface area contributed by atoms with Crippen molar-refractivity contribution in [1.29, 1.82) is 0 Å². The molecular formula is C28H35N2O3P. The summed E-state index contributed by atoms with van der Waals surface area (Å²) in [7, 11) is -3.81. The number of anilines is 1. The van der Waals surface area contributed by atoms with Crippen molar-refractivity contribution in [3.05, 3.63) is 101 Å². The second-order valence-electron chi connectivity index (χ2n) is 9.26. The van der Waals surface area contributed by atoms with Crippen molar-refractivity contribution in [3.8, 4) is 0 Å². The number of hydrogen-bond acceptors (Lipinski definition) is 2. The van der Waals surface area contributed by atoms with E-state index in [1.54, 1.807) is 0 Å². The van der Waals surface area contributed by atoms with E-state index in [9.17, 15) is 14.3 Å². The Balaban J connectivity index is 1.74. The zero-order valence-electron chi connectivity index (χ0n) is 20.4. The summed E-state index contributed by atoms with van der Waals surface area (Å²) < 4.78 is 13.1. The van der Waals surface area contributed by atoms with Gasteiger partial charge in [-0.15, -0.1) is 0 Å². The summed E-state index contributed by atoms with van der Waals surface area (Å²) in [5, 5.41) is 5.64. The molecule has 6 heteroatoms. The van der Waals surface area contributed by atoms with E-state index in [4.69, 9.17) is 0 Å². The zero-order chi connectivity index (χ0) is 24.7. The molecule has 1 amide bonds. The number of carbonyl (C=O) groups is 1. The van der Waals surface area contributed by atoms with Gasteiger partial charge in [0.15, 0.2) is 0 Å². The molecular weight excluding hydrogens is 443 g/mol. The van der Waals surface area contributed by atoms with Gasteiger partial charge in [-0.25, -0.2) is 5.09 Å². The Labute approximate surface area is 203 Å². The molecule has 0 saturated heterocycles. The first-order valence-electron chi connectivity index (χ1n) is 11.8. The lowest BCUT2D eigenvalue weighted by atomic mass is 9.92. The minimum Gasteiger partial charge on any atom is -0.333 e. The maximum absolute atomic E-state index is 13.1. The van der Waals surface area contributed by atoms with Gasteiger partial charge in [-0.1, -0.05) is 107 Å². The summed E-state index contributed by atoms with van der Waals surface area (Å²) in [4.78, 5) is 23.6. The lowest BCUT2D eigenvalue weighted by molar-refractivity contribution is -0.115. The fraction of sp³-hybridized carbons (Fsp3) is 0.321.